The van der Waals surface area contributed by atoms with Crippen molar-refractivity contribution in [1.82, 2.24) is 14.9 Å². The lowest BCUT2D eigenvalue weighted by Gasteiger charge is -2.13. The van der Waals surface area contributed by atoms with E-state index in [0.29, 0.717) is 12.6 Å². The van der Waals surface area contributed by atoms with Gasteiger partial charge in [0.25, 0.3) is 0 Å². The maximum Gasteiger partial charge on any atom is 0.123 e. The number of nitrogens with zero attached hydrogens (tertiary/aromatic N) is 2. The van der Waals surface area contributed by atoms with Crippen molar-refractivity contribution in [2.24, 2.45) is 0 Å². The molecule has 0 aliphatic heterocycles. The molecule has 90 valence electrons. The molecule has 1 aromatic carbocycles. The summed E-state index contributed by atoms with van der Waals surface area (Å²) in [6.07, 6.45) is 5.28. The van der Waals surface area contributed by atoms with Gasteiger partial charge in [0, 0.05) is 25.0 Å². The fraction of sp³-hybridized carbons (Fsp3) is 0.308. The van der Waals surface area contributed by atoms with Crippen LogP contribution >= 0.6 is 0 Å². The van der Waals surface area contributed by atoms with Crippen molar-refractivity contribution in [2.75, 3.05) is 0 Å². The van der Waals surface area contributed by atoms with E-state index in [-0.39, 0.29) is 5.82 Å². The first kappa shape index (κ1) is 11.8. The van der Waals surface area contributed by atoms with Gasteiger partial charge in [0.05, 0.1) is 12.0 Å². The van der Waals surface area contributed by atoms with Crippen molar-refractivity contribution in [3.05, 3.63) is 48.3 Å². The lowest BCUT2D eigenvalue weighted by Crippen LogP contribution is -2.22. The zero-order valence-electron chi connectivity index (χ0n) is 10.0. The Kier molecular flexibility index (Phi) is 3.54. The van der Waals surface area contributed by atoms with E-state index in [1.807, 2.05) is 10.8 Å². The van der Waals surface area contributed by atoms with E-state index in [1.165, 1.54) is 6.07 Å². The van der Waals surface area contributed by atoms with Crippen molar-refractivity contribution in [2.45, 2.75) is 26.4 Å². The molecule has 0 fully saturated rings. The summed E-state index contributed by atoms with van der Waals surface area (Å²) in [4.78, 5) is 4.01. The molecule has 0 saturated heterocycles. The number of hydrogen-bond acceptors (Lipinski definition) is 2. The topological polar surface area (TPSA) is 29.9 Å². The number of nitrogens with one attached hydrogen (secondary N) is 1. The molecule has 1 N–H and O–H groups in total. The minimum absolute atomic E-state index is 0.213. The molecule has 1 heterocycles. The van der Waals surface area contributed by atoms with Crippen molar-refractivity contribution in [3.63, 3.8) is 0 Å². The van der Waals surface area contributed by atoms with Gasteiger partial charge in [0.15, 0.2) is 0 Å². The smallest absolute Gasteiger partial charge is 0.123 e. The minimum atomic E-state index is -0.213. The lowest BCUT2D eigenvalue weighted by atomic mass is 10.1. The second-order valence-corrected chi connectivity index (χ2v) is 4.28. The molecular weight excluding hydrogens is 217 g/mol. The Morgan fingerprint density at radius 3 is 2.88 bits per heavy atom. The maximum atomic E-state index is 13.3. The van der Waals surface area contributed by atoms with E-state index < -0.39 is 0 Å². The van der Waals surface area contributed by atoms with Crippen molar-refractivity contribution < 1.29 is 4.39 Å². The predicted octanol–water partition coefficient (Wildman–Crippen LogP) is 2.51. The Bertz CT molecular complexity index is 477. The first-order valence-electron chi connectivity index (χ1n) is 5.67. The normalized spacial score (nSPS) is 11.1. The van der Waals surface area contributed by atoms with Crippen LogP contribution in [0.4, 0.5) is 4.39 Å². The van der Waals surface area contributed by atoms with E-state index in [1.54, 1.807) is 24.7 Å². The summed E-state index contributed by atoms with van der Waals surface area (Å²) >= 11 is 0. The van der Waals surface area contributed by atoms with Gasteiger partial charge in [0.1, 0.15) is 5.82 Å². The molecule has 0 aliphatic rings. The van der Waals surface area contributed by atoms with E-state index in [2.05, 4.69) is 24.1 Å². The third-order valence-corrected chi connectivity index (χ3v) is 2.52. The molecule has 4 heteroatoms. The van der Waals surface area contributed by atoms with Crippen LogP contribution in [0.2, 0.25) is 0 Å². The van der Waals surface area contributed by atoms with E-state index in [9.17, 15) is 4.39 Å². The second-order valence-electron chi connectivity index (χ2n) is 4.28. The van der Waals surface area contributed by atoms with Gasteiger partial charge in [0.2, 0.25) is 0 Å². The Morgan fingerprint density at radius 2 is 2.24 bits per heavy atom. The van der Waals surface area contributed by atoms with Gasteiger partial charge < -0.3 is 9.88 Å². The number of hydrogen-bond donors (Lipinski definition) is 1. The Hall–Kier alpha value is -1.68. The quantitative estimate of drug-likeness (QED) is 0.879. The van der Waals surface area contributed by atoms with Gasteiger partial charge in [-0.05, 0) is 23.8 Å². The van der Waals surface area contributed by atoms with Crippen molar-refractivity contribution >= 4 is 0 Å². The summed E-state index contributed by atoms with van der Waals surface area (Å²) in [5.41, 5.74) is 1.88. The van der Waals surface area contributed by atoms with E-state index in [4.69, 9.17) is 0 Å². The fourth-order valence-corrected chi connectivity index (χ4v) is 1.66. The Labute approximate surface area is 100 Å². The monoisotopic (exact) mass is 233 g/mol. The highest BCUT2D eigenvalue weighted by Crippen LogP contribution is 2.16. The van der Waals surface area contributed by atoms with E-state index >= 15 is 0 Å². The van der Waals surface area contributed by atoms with Crippen LogP contribution in [0.5, 0.6) is 0 Å². The number of rotatable bonds is 4. The molecule has 2 aromatic rings. The van der Waals surface area contributed by atoms with Crippen molar-refractivity contribution in [1.29, 1.82) is 0 Å². The highest BCUT2D eigenvalue weighted by atomic mass is 19.1. The van der Waals surface area contributed by atoms with E-state index in [0.717, 1.165) is 11.3 Å². The molecule has 0 atom stereocenters. The van der Waals surface area contributed by atoms with Crippen LogP contribution in [0.25, 0.3) is 5.69 Å². The van der Waals surface area contributed by atoms with Gasteiger partial charge in [-0.25, -0.2) is 9.37 Å². The number of imidazole rings is 1. The molecule has 3 nitrogen and oxygen atoms in total. The largest absolute Gasteiger partial charge is 0.310 e. The molecular formula is C13H16FN3. The highest BCUT2D eigenvalue weighted by Gasteiger charge is 2.06. The van der Waals surface area contributed by atoms with Crippen LogP contribution in [0.15, 0.2) is 36.9 Å². The summed E-state index contributed by atoms with van der Waals surface area (Å²) in [5, 5.41) is 3.29. The summed E-state index contributed by atoms with van der Waals surface area (Å²) in [7, 11) is 0. The Balaban J connectivity index is 2.31. The van der Waals surface area contributed by atoms with Crippen LogP contribution in [-0.4, -0.2) is 15.6 Å². The van der Waals surface area contributed by atoms with Gasteiger partial charge in [-0.1, -0.05) is 13.8 Å². The molecule has 17 heavy (non-hydrogen) atoms. The molecule has 0 aliphatic carbocycles. The third kappa shape index (κ3) is 2.91. The van der Waals surface area contributed by atoms with Gasteiger partial charge in [-0.3, -0.25) is 0 Å². The van der Waals surface area contributed by atoms with Gasteiger partial charge in [-0.15, -0.1) is 0 Å². The van der Waals surface area contributed by atoms with Crippen LogP contribution < -0.4 is 5.32 Å². The molecule has 0 radical (unpaired) electrons. The fourth-order valence-electron chi connectivity index (χ4n) is 1.66. The first-order valence-corrected chi connectivity index (χ1v) is 5.67. The summed E-state index contributed by atoms with van der Waals surface area (Å²) < 4.78 is 15.1. The zero-order valence-corrected chi connectivity index (χ0v) is 10.0. The summed E-state index contributed by atoms with van der Waals surface area (Å²) in [5.74, 6) is -0.213. The molecule has 0 unspecified atom stereocenters. The predicted molar refractivity (Wildman–Crippen MR) is 65.5 cm³/mol. The molecule has 0 bridgehead atoms. The molecule has 0 spiro atoms. The summed E-state index contributed by atoms with van der Waals surface area (Å²) in [6.45, 7) is 4.77. The van der Waals surface area contributed by atoms with Crippen LogP contribution in [0.3, 0.4) is 0 Å². The standard InChI is InChI=1S/C13H16FN3/c1-10(2)16-8-11-7-12(14)3-4-13(11)17-6-5-15-9-17/h3-7,9-10,16H,8H2,1-2H3. The molecule has 1 aromatic heterocycles. The zero-order chi connectivity index (χ0) is 12.3. The van der Waals surface area contributed by atoms with Crippen molar-refractivity contribution in [3.8, 4) is 5.69 Å². The highest BCUT2D eigenvalue weighted by molar-refractivity contribution is 5.41. The molecule has 0 amide bonds. The molecule has 2 rings (SSSR count). The number of halogens is 1. The second kappa shape index (κ2) is 5.10. The minimum Gasteiger partial charge on any atom is -0.310 e. The maximum absolute atomic E-state index is 13.3. The molecule has 0 saturated carbocycles. The number of benzene rings is 1. The van der Waals surface area contributed by atoms with Crippen LogP contribution in [0, 0.1) is 5.82 Å². The van der Waals surface area contributed by atoms with Gasteiger partial charge in [-0.2, -0.15) is 0 Å². The SMILES string of the molecule is CC(C)NCc1cc(F)ccc1-n1ccnc1. The number of aromatic nitrogens is 2. The first-order chi connectivity index (χ1) is 8.16. The van der Waals surface area contributed by atoms with Gasteiger partial charge >= 0.3 is 0 Å². The Morgan fingerprint density at radius 1 is 1.41 bits per heavy atom. The van der Waals surface area contributed by atoms with Crippen LogP contribution in [-0.2, 0) is 6.54 Å². The summed E-state index contributed by atoms with van der Waals surface area (Å²) in [6, 6.07) is 5.17. The third-order valence-electron chi connectivity index (χ3n) is 2.52. The average Bonchev–Trinajstić information content (AvgIpc) is 2.80. The average molecular weight is 233 g/mol. The lowest BCUT2D eigenvalue weighted by molar-refractivity contribution is 0.580. The van der Waals surface area contributed by atoms with Crippen LogP contribution in [0.1, 0.15) is 19.4 Å².